The maximum Gasteiger partial charge on any atom is 0.325 e. The summed E-state index contributed by atoms with van der Waals surface area (Å²) in [5.74, 6) is 0.612. The molecule has 1 saturated carbocycles. The van der Waals surface area contributed by atoms with E-state index in [1.165, 1.54) is 0 Å². The number of rotatable bonds is 8. The van der Waals surface area contributed by atoms with Gasteiger partial charge in [0.25, 0.3) is 5.91 Å². The average Bonchev–Trinajstić information content (AvgIpc) is 3.41. The number of hydrogen-bond acceptors (Lipinski definition) is 4. The lowest BCUT2D eigenvalue weighted by molar-refractivity contribution is -0.132. The molecule has 1 aromatic carbocycles. The number of aliphatic hydroxyl groups is 1. The van der Waals surface area contributed by atoms with E-state index in [9.17, 15) is 14.7 Å². The molecule has 2 fully saturated rings. The summed E-state index contributed by atoms with van der Waals surface area (Å²) in [6.07, 6.45) is 3.39. The molecule has 0 radical (unpaired) electrons. The number of β-amino-alcohol motifs (C(OH)–C–C–N with tert-alkyl or cyclic N) is 1. The van der Waals surface area contributed by atoms with E-state index in [4.69, 9.17) is 4.74 Å². The van der Waals surface area contributed by atoms with Crippen LogP contribution in [0.1, 0.15) is 25.3 Å². The molecule has 3 amide bonds. The van der Waals surface area contributed by atoms with Crippen molar-refractivity contribution in [3.05, 3.63) is 42.5 Å². The minimum Gasteiger partial charge on any atom is -0.491 e. The van der Waals surface area contributed by atoms with E-state index in [2.05, 4.69) is 11.9 Å². The van der Waals surface area contributed by atoms with Crippen molar-refractivity contribution in [3.8, 4) is 5.75 Å². The molecule has 2 aliphatic rings. The zero-order valence-electron chi connectivity index (χ0n) is 14.4. The number of benzene rings is 1. The number of carbonyl (C=O) groups excluding carboxylic acids is 2. The highest BCUT2D eigenvalue weighted by Gasteiger charge is 2.56. The van der Waals surface area contributed by atoms with Gasteiger partial charge in [-0.05, 0) is 43.7 Å². The summed E-state index contributed by atoms with van der Waals surface area (Å²) >= 11 is 0. The Balaban J connectivity index is 1.58. The number of aliphatic hydroxyl groups excluding tert-OH is 1. The molecule has 6 heteroatoms. The number of nitrogens with zero attached hydrogens (tertiary/aromatic N) is 1. The van der Waals surface area contributed by atoms with Crippen molar-refractivity contribution < 1.29 is 19.4 Å². The third-order valence-corrected chi connectivity index (χ3v) is 4.86. The molecule has 25 heavy (non-hydrogen) atoms. The molecule has 2 N–H and O–H groups in total. The molecule has 1 aliphatic heterocycles. The van der Waals surface area contributed by atoms with E-state index in [0.717, 1.165) is 23.3 Å². The van der Waals surface area contributed by atoms with Gasteiger partial charge >= 0.3 is 6.03 Å². The van der Waals surface area contributed by atoms with E-state index in [1.54, 1.807) is 13.0 Å². The molecule has 134 valence electrons. The van der Waals surface area contributed by atoms with Crippen LogP contribution < -0.4 is 10.1 Å². The first-order valence-corrected chi connectivity index (χ1v) is 8.59. The molecule has 1 aromatic rings. The van der Waals surface area contributed by atoms with Crippen LogP contribution in [0.4, 0.5) is 4.79 Å². The highest BCUT2D eigenvalue weighted by Crippen LogP contribution is 2.42. The number of hydrogen-bond donors (Lipinski definition) is 2. The van der Waals surface area contributed by atoms with Crippen LogP contribution >= 0.6 is 0 Å². The third kappa shape index (κ3) is 3.54. The quantitative estimate of drug-likeness (QED) is 0.557. The number of urea groups is 1. The first-order chi connectivity index (χ1) is 12.0. The van der Waals surface area contributed by atoms with Crippen molar-refractivity contribution in [2.24, 2.45) is 5.92 Å². The highest BCUT2D eigenvalue weighted by molar-refractivity contribution is 6.07. The Kier molecular flexibility index (Phi) is 4.81. The van der Waals surface area contributed by atoms with Gasteiger partial charge in [0.1, 0.15) is 24.0 Å². The zero-order chi connectivity index (χ0) is 18.0. The molecule has 1 heterocycles. The van der Waals surface area contributed by atoms with Gasteiger partial charge in [-0.15, -0.1) is 6.58 Å². The van der Waals surface area contributed by atoms with Crippen molar-refractivity contribution >= 4 is 11.9 Å². The van der Waals surface area contributed by atoms with E-state index < -0.39 is 17.7 Å². The lowest BCUT2D eigenvalue weighted by Gasteiger charge is -2.22. The summed E-state index contributed by atoms with van der Waals surface area (Å²) < 4.78 is 5.68. The molecule has 2 atom stereocenters. The molecular weight excluding hydrogens is 320 g/mol. The minimum absolute atomic E-state index is 0.00532. The Morgan fingerprint density at radius 3 is 2.84 bits per heavy atom. The van der Waals surface area contributed by atoms with Crippen molar-refractivity contribution in [2.75, 3.05) is 13.2 Å². The number of amides is 3. The fourth-order valence-electron chi connectivity index (χ4n) is 3.24. The molecule has 6 nitrogen and oxygen atoms in total. The highest BCUT2D eigenvalue weighted by atomic mass is 16.5. The van der Waals surface area contributed by atoms with E-state index in [0.29, 0.717) is 12.2 Å². The van der Waals surface area contributed by atoms with Crippen LogP contribution in [0.2, 0.25) is 0 Å². The maximum atomic E-state index is 12.5. The normalized spacial score (nSPS) is 24.2. The number of para-hydroxylation sites is 1. The number of ether oxygens (including phenoxy) is 1. The van der Waals surface area contributed by atoms with Gasteiger partial charge in [-0.3, -0.25) is 9.69 Å². The van der Waals surface area contributed by atoms with Crippen LogP contribution in [0.3, 0.4) is 0 Å². The summed E-state index contributed by atoms with van der Waals surface area (Å²) in [4.78, 5) is 25.8. The van der Waals surface area contributed by atoms with Gasteiger partial charge in [-0.2, -0.15) is 0 Å². The summed E-state index contributed by atoms with van der Waals surface area (Å²) in [6, 6.07) is 7.08. The van der Waals surface area contributed by atoms with Crippen LogP contribution in [-0.2, 0) is 11.2 Å². The van der Waals surface area contributed by atoms with Gasteiger partial charge in [0, 0.05) is 0 Å². The van der Waals surface area contributed by atoms with Gasteiger partial charge in [0.2, 0.25) is 0 Å². The average molecular weight is 344 g/mol. The van der Waals surface area contributed by atoms with Crippen LogP contribution in [0.25, 0.3) is 0 Å². The van der Waals surface area contributed by atoms with Gasteiger partial charge in [-0.25, -0.2) is 4.79 Å². The molecule has 0 spiro atoms. The SMILES string of the molecule is C=CCc1ccccc1OC[C@@H](O)CN1C(=O)N[C@@](C)(C2CC2)C1=O. The van der Waals surface area contributed by atoms with Crippen LogP contribution in [0.15, 0.2) is 36.9 Å². The van der Waals surface area contributed by atoms with E-state index in [-0.39, 0.29) is 25.0 Å². The number of nitrogens with one attached hydrogen (secondary N) is 1. The van der Waals surface area contributed by atoms with Crippen molar-refractivity contribution in [3.63, 3.8) is 0 Å². The smallest absolute Gasteiger partial charge is 0.325 e. The molecular formula is C19H24N2O4. The van der Waals surface area contributed by atoms with Gasteiger partial charge in [-0.1, -0.05) is 24.3 Å². The molecule has 3 rings (SSSR count). The van der Waals surface area contributed by atoms with Crippen LogP contribution in [0.5, 0.6) is 5.75 Å². The van der Waals surface area contributed by atoms with Gasteiger partial charge < -0.3 is 15.2 Å². The summed E-state index contributed by atoms with van der Waals surface area (Å²) in [6.45, 7) is 5.41. The van der Waals surface area contributed by atoms with Crippen LogP contribution in [-0.4, -0.2) is 46.7 Å². The van der Waals surface area contributed by atoms with E-state index in [1.807, 2.05) is 24.3 Å². The maximum absolute atomic E-state index is 12.5. The monoisotopic (exact) mass is 344 g/mol. The topological polar surface area (TPSA) is 78.9 Å². The largest absolute Gasteiger partial charge is 0.491 e. The van der Waals surface area contributed by atoms with E-state index >= 15 is 0 Å². The summed E-state index contributed by atoms with van der Waals surface area (Å²) in [5, 5.41) is 13.0. The van der Waals surface area contributed by atoms with Gasteiger partial charge in [0.15, 0.2) is 0 Å². The second-order valence-electron chi connectivity index (χ2n) is 6.89. The fraction of sp³-hybridized carbons (Fsp3) is 0.474. The second-order valence-corrected chi connectivity index (χ2v) is 6.89. The van der Waals surface area contributed by atoms with Crippen molar-refractivity contribution in [1.82, 2.24) is 10.2 Å². The molecule has 1 aliphatic carbocycles. The van der Waals surface area contributed by atoms with Crippen molar-refractivity contribution in [2.45, 2.75) is 37.8 Å². The minimum atomic E-state index is -0.951. The molecule has 0 aromatic heterocycles. The first kappa shape index (κ1) is 17.5. The Labute approximate surface area is 147 Å². The summed E-state index contributed by atoms with van der Waals surface area (Å²) in [7, 11) is 0. The lowest BCUT2D eigenvalue weighted by Crippen LogP contribution is -2.46. The number of allylic oxidation sites excluding steroid dienone is 1. The predicted octanol–water partition coefficient (Wildman–Crippen LogP) is 1.88. The lowest BCUT2D eigenvalue weighted by atomic mass is 9.96. The first-order valence-electron chi connectivity index (χ1n) is 8.59. The Morgan fingerprint density at radius 1 is 1.44 bits per heavy atom. The van der Waals surface area contributed by atoms with Crippen molar-refractivity contribution in [1.29, 1.82) is 0 Å². The number of imide groups is 1. The number of carbonyl (C=O) groups is 2. The molecule has 0 bridgehead atoms. The third-order valence-electron chi connectivity index (χ3n) is 4.86. The molecule has 0 unspecified atom stereocenters. The fourth-order valence-corrected chi connectivity index (χ4v) is 3.24. The summed E-state index contributed by atoms with van der Waals surface area (Å²) in [5.41, 5.74) is 0.148. The van der Waals surface area contributed by atoms with Gasteiger partial charge in [0.05, 0.1) is 6.54 Å². The van der Waals surface area contributed by atoms with Crippen LogP contribution in [0, 0.1) is 5.92 Å². The Morgan fingerprint density at radius 2 is 2.16 bits per heavy atom. The Hall–Kier alpha value is -2.34. The Bertz CT molecular complexity index is 686. The predicted molar refractivity (Wildman–Crippen MR) is 93.2 cm³/mol. The second kappa shape index (κ2) is 6.88. The molecule has 1 saturated heterocycles. The standard InChI is InChI=1S/C19H24N2O4/c1-3-6-13-7-4-5-8-16(13)25-12-15(22)11-21-17(23)19(2,14-9-10-14)20-18(21)24/h3-5,7-8,14-15,22H,1,6,9-12H2,2H3,(H,20,24)/t15-,19-/m0/s1. The zero-order valence-corrected chi connectivity index (χ0v) is 14.4.